The highest BCUT2D eigenvalue weighted by molar-refractivity contribution is 5.76. The summed E-state index contributed by atoms with van der Waals surface area (Å²) in [6, 6.07) is -0.543. The SMILES string of the molecule is CCCCCCCCCCCCCCCCCCCCCCCCCC(O)C(CO)NC(=O)CCCCCCCCCCCCCCCCCCCCCCOC(=O)CCCCCCCCCCCCCCCCCCCC. The van der Waals surface area contributed by atoms with Gasteiger partial charge in [0.15, 0.2) is 0 Å². The Hall–Kier alpha value is -1.14. The second-order valence-electron chi connectivity index (χ2n) is 25.3. The fraction of sp³-hybridized carbons (Fsp3) is 0.972. The highest BCUT2D eigenvalue weighted by atomic mass is 16.5. The minimum Gasteiger partial charge on any atom is -0.466 e. The third-order valence-electron chi connectivity index (χ3n) is 17.4. The molecule has 0 fully saturated rings. The zero-order valence-electron chi connectivity index (χ0n) is 53.4. The summed E-state index contributed by atoms with van der Waals surface area (Å²) in [5, 5.41) is 23.4. The number of esters is 1. The van der Waals surface area contributed by atoms with Gasteiger partial charge in [-0.2, -0.15) is 0 Å². The van der Waals surface area contributed by atoms with Crippen molar-refractivity contribution in [3.8, 4) is 0 Å². The van der Waals surface area contributed by atoms with Crippen molar-refractivity contribution >= 4 is 11.9 Å². The van der Waals surface area contributed by atoms with E-state index in [1.807, 2.05) is 0 Å². The van der Waals surface area contributed by atoms with E-state index < -0.39 is 12.1 Å². The molecule has 6 nitrogen and oxygen atoms in total. The first-order valence-corrected chi connectivity index (χ1v) is 36.3. The third-order valence-corrected chi connectivity index (χ3v) is 17.4. The number of aliphatic hydroxyl groups excluding tert-OH is 2. The summed E-state index contributed by atoms with van der Waals surface area (Å²) in [6.07, 6.45) is 82.9. The fourth-order valence-corrected chi connectivity index (χ4v) is 11.9. The number of unbranched alkanes of at least 4 members (excludes halogenated alkanes) is 58. The van der Waals surface area contributed by atoms with Crippen LogP contribution in [0.3, 0.4) is 0 Å². The molecule has 466 valence electrons. The molecule has 0 radical (unpaired) electrons. The number of nitrogens with one attached hydrogen (secondary N) is 1. The van der Waals surface area contributed by atoms with Crippen LogP contribution in [0.15, 0.2) is 0 Å². The first kappa shape index (κ1) is 76.9. The predicted octanol–water partition coefficient (Wildman–Crippen LogP) is 23.4. The highest BCUT2D eigenvalue weighted by Crippen LogP contribution is 2.20. The number of carbonyl (C=O) groups is 2. The molecule has 0 aliphatic rings. The Bertz CT molecular complexity index is 1130. The topological polar surface area (TPSA) is 95.9 Å². The van der Waals surface area contributed by atoms with E-state index in [2.05, 4.69) is 19.2 Å². The lowest BCUT2D eigenvalue weighted by Crippen LogP contribution is -2.45. The second kappa shape index (κ2) is 68.4. The van der Waals surface area contributed by atoms with Crippen molar-refractivity contribution in [1.29, 1.82) is 0 Å². The number of ether oxygens (including phenoxy) is 1. The van der Waals surface area contributed by atoms with Gasteiger partial charge < -0.3 is 20.3 Å². The Morgan fingerprint density at radius 3 is 0.782 bits per heavy atom. The van der Waals surface area contributed by atoms with E-state index in [0.717, 1.165) is 38.5 Å². The maximum atomic E-state index is 12.6. The lowest BCUT2D eigenvalue weighted by molar-refractivity contribution is -0.143. The molecule has 2 unspecified atom stereocenters. The van der Waals surface area contributed by atoms with Gasteiger partial charge in [-0.15, -0.1) is 0 Å². The molecule has 0 aromatic carbocycles. The molecule has 0 rings (SSSR count). The van der Waals surface area contributed by atoms with Crippen LogP contribution in [0.2, 0.25) is 0 Å². The lowest BCUT2D eigenvalue weighted by atomic mass is 10.0. The Balaban J connectivity index is 3.36. The van der Waals surface area contributed by atoms with Gasteiger partial charge in [-0.05, 0) is 25.7 Å². The zero-order valence-corrected chi connectivity index (χ0v) is 53.4. The molecule has 0 bridgehead atoms. The molecular formula is C72H143NO5. The summed E-state index contributed by atoms with van der Waals surface area (Å²) in [4.78, 5) is 24.7. The molecule has 6 heteroatoms. The van der Waals surface area contributed by atoms with Gasteiger partial charge in [0.2, 0.25) is 5.91 Å². The van der Waals surface area contributed by atoms with Crippen LogP contribution in [0, 0.1) is 0 Å². The molecule has 2 atom stereocenters. The summed E-state index contributed by atoms with van der Waals surface area (Å²) in [5.41, 5.74) is 0. The fourth-order valence-electron chi connectivity index (χ4n) is 11.9. The van der Waals surface area contributed by atoms with Gasteiger partial charge in [0.25, 0.3) is 0 Å². The molecule has 0 saturated carbocycles. The largest absolute Gasteiger partial charge is 0.466 e. The van der Waals surface area contributed by atoms with Crippen LogP contribution in [0.5, 0.6) is 0 Å². The van der Waals surface area contributed by atoms with E-state index >= 15 is 0 Å². The smallest absolute Gasteiger partial charge is 0.305 e. The highest BCUT2D eigenvalue weighted by Gasteiger charge is 2.20. The van der Waals surface area contributed by atoms with Crippen LogP contribution < -0.4 is 5.32 Å². The maximum absolute atomic E-state index is 12.6. The van der Waals surface area contributed by atoms with Gasteiger partial charge >= 0.3 is 5.97 Å². The normalized spacial score (nSPS) is 12.4. The molecule has 0 aliphatic carbocycles. The van der Waals surface area contributed by atoms with Gasteiger partial charge in [0.05, 0.1) is 25.4 Å². The third kappa shape index (κ3) is 64.0. The van der Waals surface area contributed by atoms with Crippen molar-refractivity contribution in [2.45, 2.75) is 437 Å². The van der Waals surface area contributed by atoms with Crippen molar-refractivity contribution in [2.75, 3.05) is 13.2 Å². The van der Waals surface area contributed by atoms with E-state index in [0.29, 0.717) is 25.9 Å². The van der Waals surface area contributed by atoms with Gasteiger partial charge in [0.1, 0.15) is 0 Å². The number of hydrogen-bond acceptors (Lipinski definition) is 5. The summed E-state index contributed by atoms with van der Waals surface area (Å²) in [7, 11) is 0. The van der Waals surface area contributed by atoms with Gasteiger partial charge in [0, 0.05) is 12.8 Å². The molecule has 0 aliphatic heterocycles. The summed E-state index contributed by atoms with van der Waals surface area (Å²) in [5.74, 6) is -0.0139. The van der Waals surface area contributed by atoms with E-state index in [1.165, 1.54) is 353 Å². The van der Waals surface area contributed by atoms with Crippen LogP contribution in [0.4, 0.5) is 0 Å². The minimum atomic E-state index is -0.666. The van der Waals surface area contributed by atoms with E-state index in [-0.39, 0.29) is 18.5 Å². The Morgan fingerprint density at radius 1 is 0.308 bits per heavy atom. The van der Waals surface area contributed by atoms with Crippen molar-refractivity contribution in [1.82, 2.24) is 5.32 Å². The molecule has 78 heavy (non-hydrogen) atoms. The molecule has 0 saturated heterocycles. The number of amides is 1. The van der Waals surface area contributed by atoms with E-state index in [4.69, 9.17) is 4.74 Å². The molecule has 0 aromatic heterocycles. The Morgan fingerprint density at radius 2 is 0.526 bits per heavy atom. The molecule has 0 spiro atoms. The molecule has 3 N–H and O–H groups in total. The number of rotatable bonds is 69. The van der Waals surface area contributed by atoms with Gasteiger partial charge in [-0.25, -0.2) is 0 Å². The van der Waals surface area contributed by atoms with Crippen molar-refractivity contribution in [2.24, 2.45) is 0 Å². The average Bonchev–Trinajstić information content (AvgIpc) is 3.44. The Labute approximate surface area is 489 Å². The standard InChI is InChI=1S/C72H143NO5/c1-3-5-7-9-11-13-15-17-19-21-23-24-25-26-29-32-36-40-44-48-52-56-60-64-70(75)69(68-74)73-71(76)65-61-57-53-49-45-41-37-33-30-27-28-31-35-39-43-47-51-55-59-63-67-78-72(77)66-62-58-54-50-46-42-38-34-22-20-18-16-14-12-10-8-6-4-2/h69-70,74-75H,3-68H2,1-2H3,(H,73,76). The zero-order chi connectivity index (χ0) is 56.4. The number of aliphatic hydroxyl groups is 2. The summed E-state index contributed by atoms with van der Waals surface area (Å²) < 4.78 is 5.51. The van der Waals surface area contributed by atoms with Crippen LogP contribution in [0.1, 0.15) is 425 Å². The molecular weight excluding hydrogens is 959 g/mol. The summed E-state index contributed by atoms with van der Waals surface area (Å²) >= 11 is 0. The van der Waals surface area contributed by atoms with Crippen LogP contribution in [0.25, 0.3) is 0 Å². The predicted molar refractivity (Wildman–Crippen MR) is 343 cm³/mol. The number of carbonyl (C=O) groups excluding carboxylic acids is 2. The van der Waals surface area contributed by atoms with Crippen LogP contribution in [-0.2, 0) is 14.3 Å². The average molecular weight is 1100 g/mol. The second-order valence-corrected chi connectivity index (χ2v) is 25.3. The maximum Gasteiger partial charge on any atom is 0.305 e. The van der Waals surface area contributed by atoms with Crippen molar-refractivity contribution in [3.63, 3.8) is 0 Å². The lowest BCUT2D eigenvalue weighted by Gasteiger charge is -2.22. The van der Waals surface area contributed by atoms with Gasteiger partial charge in [-0.1, -0.05) is 386 Å². The monoisotopic (exact) mass is 1100 g/mol. The molecule has 0 heterocycles. The van der Waals surface area contributed by atoms with E-state index in [9.17, 15) is 19.8 Å². The van der Waals surface area contributed by atoms with Crippen LogP contribution >= 0.6 is 0 Å². The van der Waals surface area contributed by atoms with Crippen molar-refractivity contribution < 1.29 is 24.5 Å². The number of hydrogen-bond donors (Lipinski definition) is 3. The molecule has 1 amide bonds. The first-order valence-electron chi connectivity index (χ1n) is 36.3. The minimum absolute atomic E-state index is 0.0168. The quantitative estimate of drug-likeness (QED) is 0.0417. The molecule has 0 aromatic rings. The van der Waals surface area contributed by atoms with Crippen LogP contribution in [-0.4, -0.2) is 47.4 Å². The Kier molecular flexibility index (Phi) is 67.4. The van der Waals surface area contributed by atoms with Gasteiger partial charge in [-0.3, -0.25) is 9.59 Å². The first-order chi connectivity index (χ1) is 38.5. The summed E-state index contributed by atoms with van der Waals surface area (Å²) in [6.45, 7) is 5.01. The van der Waals surface area contributed by atoms with E-state index in [1.54, 1.807) is 0 Å². The van der Waals surface area contributed by atoms with Crippen molar-refractivity contribution in [3.05, 3.63) is 0 Å².